The van der Waals surface area contributed by atoms with Gasteiger partial charge < -0.3 is 4.43 Å². The van der Waals surface area contributed by atoms with E-state index in [0.717, 1.165) is 5.75 Å². The summed E-state index contributed by atoms with van der Waals surface area (Å²) in [6, 6.07) is 6.42. The fourth-order valence-electron chi connectivity index (χ4n) is 1.25. The number of hydrogen-bond acceptors (Lipinski definition) is 1. The Morgan fingerprint density at radius 1 is 1.06 bits per heavy atom. The minimum Gasteiger partial charge on any atom is -0.543 e. The van der Waals surface area contributed by atoms with Crippen LogP contribution in [0.15, 0.2) is 18.2 Å². The van der Waals surface area contributed by atoms with Crippen LogP contribution < -0.4 is 4.43 Å². The molecule has 1 aromatic rings. The van der Waals surface area contributed by atoms with Crippen LogP contribution in [0.5, 0.6) is 5.75 Å². The Labute approximate surface area is 101 Å². The maximum absolute atomic E-state index is 6.32. The lowest BCUT2D eigenvalue weighted by atomic mass is 10.1. The van der Waals surface area contributed by atoms with Crippen molar-refractivity contribution in [2.45, 2.75) is 52.8 Å². The molecule has 1 nitrogen and oxygen atoms in total. The molecular weight excluding hydrogens is 212 g/mol. The Morgan fingerprint density at radius 3 is 2.12 bits per heavy atom. The van der Waals surface area contributed by atoms with Gasteiger partial charge in [-0.3, -0.25) is 0 Å². The lowest BCUT2D eigenvalue weighted by molar-refractivity contribution is 0.489. The molecule has 0 heterocycles. The lowest BCUT2D eigenvalue weighted by Gasteiger charge is -2.37. The van der Waals surface area contributed by atoms with Gasteiger partial charge in [-0.1, -0.05) is 32.9 Å². The molecule has 0 bridgehead atoms. The Hall–Kier alpha value is -0.763. The number of hydrogen-bond donors (Lipinski definition) is 0. The third-order valence-electron chi connectivity index (χ3n) is 3.51. The van der Waals surface area contributed by atoms with Crippen molar-refractivity contribution in [2.24, 2.45) is 0 Å². The molecule has 2 heteroatoms. The van der Waals surface area contributed by atoms with Gasteiger partial charge in [-0.25, -0.2) is 0 Å². The van der Waals surface area contributed by atoms with Crippen molar-refractivity contribution in [2.75, 3.05) is 0 Å². The van der Waals surface area contributed by atoms with Gasteiger partial charge >= 0.3 is 0 Å². The molecule has 0 atom stereocenters. The van der Waals surface area contributed by atoms with Crippen molar-refractivity contribution in [1.29, 1.82) is 0 Å². The van der Waals surface area contributed by atoms with E-state index in [4.69, 9.17) is 4.43 Å². The summed E-state index contributed by atoms with van der Waals surface area (Å²) in [5, 5.41) is 0.253. The van der Waals surface area contributed by atoms with Crippen LogP contribution in [0.1, 0.15) is 31.9 Å². The van der Waals surface area contributed by atoms with E-state index in [0.29, 0.717) is 0 Å². The summed E-state index contributed by atoms with van der Waals surface area (Å²) >= 11 is 0. The summed E-state index contributed by atoms with van der Waals surface area (Å²) in [4.78, 5) is 0. The van der Waals surface area contributed by atoms with Crippen LogP contribution >= 0.6 is 0 Å². The van der Waals surface area contributed by atoms with E-state index in [1.165, 1.54) is 11.1 Å². The van der Waals surface area contributed by atoms with Gasteiger partial charge in [0.1, 0.15) is 5.75 Å². The second-order valence-electron chi connectivity index (χ2n) is 6.13. The van der Waals surface area contributed by atoms with Gasteiger partial charge in [-0.05, 0) is 49.2 Å². The largest absolute Gasteiger partial charge is 0.543 e. The predicted molar refractivity (Wildman–Crippen MR) is 73.7 cm³/mol. The SMILES string of the molecule is Cc1ccc(C)c(O[Si](C)(C)C(C)(C)C)c1. The fraction of sp³-hybridized carbons (Fsp3) is 0.571. The zero-order valence-electron chi connectivity index (χ0n) is 11.6. The minimum atomic E-state index is -1.70. The van der Waals surface area contributed by atoms with Crippen LogP contribution in [-0.4, -0.2) is 8.32 Å². The molecule has 0 aliphatic rings. The van der Waals surface area contributed by atoms with Crippen molar-refractivity contribution >= 4 is 8.32 Å². The van der Waals surface area contributed by atoms with E-state index in [1.54, 1.807) is 0 Å². The molecule has 0 amide bonds. The van der Waals surface area contributed by atoms with Gasteiger partial charge in [0.15, 0.2) is 0 Å². The molecule has 0 saturated heterocycles. The molecule has 0 aliphatic carbocycles. The van der Waals surface area contributed by atoms with E-state index in [2.05, 4.69) is 65.9 Å². The first-order valence-electron chi connectivity index (χ1n) is 5.90. The highest BCUT2D eigenvalue weighted by molar-refractivity contribution is 6.74. The molecule has 90 valence electrons. The molecule has 0 unspecified atom stereocenters. The highest BCUT2D eigenvalue weighted by Crippen LogP contribution is 2.38. The zero-order chi connectivity index (χ0) is 12.6. The first-order valence-corrected chi connectivity index (χ1v) is 8.80. The average molecular weight is 236 g/mol. The Morgan fingerprint density at radius 2 is 1.62 bits per heavy atom. The minimum absolute atomic E-state index is 0.253. The van der Waals surface area contributed by atoms with Gasteiger partial charge in [0.25, 0.3) is 0 Å². The van der Waals surface area contributed by atoms with Crippen molar-refractivity contribution < 1.29 is 4.43 Å². The molecule has 0 saturated carbocycles. The summed E-state index contributed by atoms with van der Waals surface area (Å²) in [7, 11) is -1.70. The highest BCUT2D eigenvalue weighted by Gasteiger charge is 2.39. The van der Waals surface area contributed by atoms with Crippen LogP contribution in [0, 0.1) is 13.8 Å². The molecule has 1 rings (SSSR count). The van der Waals surface area contributed by atoms with Crippen molar-refractivity contribution in [3.05, 3.63) is 29.3 Å². The van der Waals surface area contributed by atoms with Crippen LogP contribution in [0.4, 0.5) is 0 Å². The number of aryl methyl sites for hydroxylation is 2. The predicted octanol–water partition coefficient (Wildman–Crippen LogP) is 4.69. The van der Waals surface area contributed by atoms with Gasteiger partial charge in [-0.15, -0.1) is 0 Å². The Balaban J connectivity index is 3.01. The Bertz CT molecular complexity index is 375. The van der Waals surface area contributed by atoms with Gasteiger partial charge in [-0.2, -0.15) is 0 Å². The quantitative estimate of drug-likeness (QED) is 0.677. The van der Waals surface area contributed by atoms with E-state index >= 15 is 0 Å². The third kappa shape index (κ3) is 2.88. The van der Waals surface area contributed by atoms with E-state index in [1.807, 2.05) is 0 Å². The summed E-state index contributed by atoms with van der Waals surface area (Å²) in [6.45, 7) is 15.6. The van der Waals surface area contributed by atoms with Gasteiger partial charge in [0.2, 0.25) is 8.32 Å². The second kappa shape index (κ2) is 4.25. The summed E-state index contributed by atoms with van der Waals surface area (Å²) in [5.74, 6) is 1.06. The molecule has 0 spiro atoms. The lowest BCUT2D eigenvalue weighted by Crippen LogP contribution is -2.44. The Kier molecular flexibility index (Phi) is 3.53. The van der Waals surface area contributed by atoms with Gasteiger partial charge in [0, 0.05) is 0 Å². The van der Waals surface area contributed by atoms with Crippen LogP contribution in [0.3, 0.4) is 0 Å². The smallest absolute Gasteiger partial charge is 0.250 e. The number of benzene rings is 1. The third-order valence-corrected chi connectivity index (χ3v) is 7.86. The standard InChI is InChI=1S/C14H24OSi/c1-11-8-9-12(2)13(10-11)15-16(6,7)14(3,4)5/h8-10H,1-7H3. The van der Waals surface area contributed by atoms with Crippen molar-refractivity contribution in [3.63, 3.8) is 0 Å². The normalized spacial score (nSPS) is 12.7. The van der Waals surface area contributed by atoms with E-state index < -0.39 is 8.32 Å². The number of rotatable bonds is 2. The first-order chi connectivity index (χ1) is 7.13. The maximum atomic E-state index is 6.32. The second-order valence-corrected chi connectivity index (χ2v) is 10.9. The fourth-order valence-corrected chi connectivity index (χ4v) is 2.32. The van der Waals surface area contributed by atoms with Crippen LogP contribution in [-0.2, 0) is 0 Å². The van der Waals surface area contributed by atoms with E-state index in [-0.39, 0.29) is 5.04 Å². The molecule has 0 radical (unpaired) electrons. The van der Waals surface area contributed by atoms with Crippen LogP contribution in [0.2, 0.25) is 18.1 Å². The topological polar surface area (TPSA) is 9.23 Å². The van der Waals surface area contributed by atoms with Crippen molar-refractivity contribution in [1.82, 2.24) is 0 Å². The first kappa shape index (κ1) is 13.3. The average Bonchev–Trinajstić information content (AvgIpc) is 2.09. The zero-order valence-corrected chi connectivity index (χ0v) is 12.6. The molecule has 0 aromatic heterocycles. The summed E-state index contributed by atoms with van der Waals surface area (Å²) in [5.41, 5.74) is 2.50. The van der Waals surface area contributed by atoms with Crippen LogP contribution in [0.25, 0.3) is 0 Å². The molecule has 16 heavy (non-hydrogen) atoms. The summed E-state index contributed by atoms with van der Waals surface area (Å²) in [6.07, 6.45) is 0. The monoisotopic (exact) mass is 236 g/mol. The highest BCUT2D eigenvalue weighted by atomic mass is 28.4. The van der Waals surface area contributed by atoms with E-state index in [9.17, 15) is 0 Å². The summed E-state index contributed by atoms with van der Waals surface area (Å²) < 4.78 is 6.32. The maximum Gasteiger partial charge on any atom is 0.250 e. The van der Waals surface area contributed by atoms with Gasteiger partial charge in [0.05, 0.1) is 0 Å². The molecule has 0 aliphatic heterocycles. The molecule has 0 fully saturated rings. The molecule has 0 N–H and O–H groups in total. The molecule has 1 aromatic carbocycles. The van der Waals surface area contributed by atoms with Crippen molar-refractivity contribution in [3.8, 4) is 5.75 Å². The molecular formula is C14H24OSi.